The second-order valence-electron chi connectivity index (χ2n) is 3.76. The van der Waals surface area contributed by atoms with Crippen LogP contribution in [0.5, 0.6) is 5.75 Å². The maximum atomic E-state index is 5.39. The van der Waals surface area contributed by atoms with Crippen molar-refractivity contribution >= 4 is 44.3 Å². The molecule has 1 aromatic carbocycles. The molecule has 0 bridgehead atoms. The highest BCUT2D eigenvalue weighted by Crippen LogP contribution is 2.32. The molecular weight excluding hydrogens is 397 g/mol. The van der Waals surface area contributed by atoms with Crippen molar-refractivity contribution in [1.82, 2.24) is 5.32 Å². The fraction of sp³-hybridized carbons (Fsp3) is 0.231. The largest absolute Gasteiger partial charge is 0.495 e. The first kappa shape index (κ1) is 16.6. The van der Waals surface area contributed by atoms with Gasteiger partial charge in [0.05, 0.1) is 24.4 Å². The number of hydrogen-bond donors (Lipinski definition) is 1. The summed E-state index contributed by atoms with van der Waals surface area (Å²) in [7, 11) is 1.67. The molecule has 6 heteroatoms. The molecule has 0 spiro atoms. The van der Waals surface area contributed by atoms with E-state index in [0.717, 1.165) is 26.0 Å². The van der Waals surface area contributed by atoms with Crippen LogP contribution in [0.4, 0.5) is 0 Å². The van der Waals surface area contributed by atoms with Gasteiger partial charge in [-0.3, -0.25) is 0 Å². The molecule has 0 aliphatic heterocycles. The van der Waals surface area contributed by atoms with Gasteiger partial charge >= 0.3 is 0 Å². The highest BCUT2D eigenvalue weighted by Gasteiger charge is 2.09. The van der Waals surface area contributed by atoms with Crippen LogP contribution in [0.15, 0.2) is 43.9 Å². The average Bonchev–Trinajstić information content (AvgIpc) is 2.81. The second-order valence-corrected chi connectivity index (χ2v) is 5.53. The van der Waals surface area contributed by atoms with E-state index < -0.39 is 0 Å². The van der Waals surface area contributed by atoms with Crippen LogP contribution in [0.2, 0.25) is 0 Å². The molecule has 1 aromatic heterocycles. The number of halogens is 3. The Morgan fingerprint density at radius 1 is 1.26 bits per heavy atom. The molecule has 0 amide bonds. The summed E-state index contributed by atoms with van der Waals surface area (Å²) in [5.41, 5.74) is 1.09. The van der Waals surface area contributed by atoms with Gasteiger partial charge in [-0.15, -0.1) is 12.4 Å². The molecule has 3 nitrogen and oxygen atoms in total. The van der Waals surface area contributed by atoms with Gasteiger partial charge in [0.15, 0.2) is 0 Å². The predicted molar refractivity (Wildman–Crippen MR) is 84.9 cm³/mol. The van der Waals surface area contributed by atoms with Gasteiger partial charge in [0.25, 0.3) is 0 Å². The summed E-state index contributed by atoms with van der Waals surface area (Å²) >= 11 is 6.96. The summed E-state index contributed by atoms with van der Waals surface area (Å²) < 4.78 is 12.6. The van der Waals surface area contributed by atoms with Crippen LogP contribution in [-0.2, 0) is 13.1 Å². The Kier molecular flexibility index (Phi) is 6.93. The number of rotatable bonds is 5. The van der Waals surface area contributed by atoms with E-state index in [0.29, 0.717) is 13.1 Å². The highest BCUT2D eigenvalue weighted by atomic mass is 79.9. The molecule has 0 atom stereocenters. The van der Waals surface area contributed by atoms with Crippen molar-refractivity contribution in [3.63, 3.8) is 0 Å². The molecule has 0 unspecified atom stereocenters. The first-order valence-corrected chi connectivity index (χ1v) is 7.04. The molecule has 104 valence electrons. The lowest BCUT2D eigenvalue weighted by atomic mass is 10.2. The van der Waals surface area contributed by atoms with E-state index in [1.54, 1.807) is 13.4 Å². The first-order chi connectivity index (χ1) is 8.70. The Labute approximate surface area is 135 Å². The number of ether oxygens (including phenoxy) is 1. The van der Waals surface area contributed by atoms with Crippen LogP contribution in [0.1, 0.15) is 11.3 Å². The minimum absolute atomic E-state index is 0. The van der Waals surface area contributed by atoms with Crippen molar-refractivity contribution < 1.29 is 9.15 Å². The molecule has 0 saturated heterocycles. The van der Waals surface area contributed by atoms with Gasteiger partial charge in [0.2, 0.25) is 0 Å². The Hall–Kier alpha value is -0.490. The van der Waals surface area contributed by atoms with Crippen molar-refractivity contribution in [2.24, 2.45) is 0 Å². The number of methoxy groups -OCH3 is 1. The topological polar surface area (TPSA) is 34.4 Å². The van der Waals surface area contributed by atoms with Gasteiger partial charge in [0.1, 0.15) is 11.5 Å². The van der Waals surface area contributed by atoms with Crippen molar-refractivity contribution in [3.05, 3.63) is 50.8 Å². The number of furan rings is 1. The van der Waals surface area contributed by atoms with Crippen LogP contribution in [0.25, 0.3) is 0 Å². The minimum atomic E-state index is 0. The average molecular weight is 412 g/mol. The summed E-state index contributed by atoms with van der Waals surface area (Å²) in [4.78, 5) is 0. The van der Waals surface area contributed by atoms with Gasteiger partial charge in [-0.1, -0.05) is 15.9 Å². The maximum Gasteiger partial charge on any atom is 0.137 e. The molecule has 0 saturated carbocycles. The Balaban J connectivity index is 0.00000180. The SMILES string of the molecule is COc1c(Br)cc(Br)cc1CNCc1ccco1.Cl. The van der Waals surface area contributed by atoms with E-state index in [9.17, 15) is 0 Å². The van der Waals surface area contributed by atoms with Crippen LogP contribution in [0, 0.1) is 0 Å². The molecule has 19 heavy (non-hydrogen) atoms. The molecule has 0 aliphatic rings. The van der Waals surface area contributed by atoms with E-state index in [-0.39, 0.29) is 12.4 Å². The maximum absolute atomic E-state index is 5.39. The molecule has 0 fully saturated rings. The molecule has 1 N–H and O–H groups in total. The van der Waals surface area contributed by atoms with Crippen LogP contribution in [-0.4, -0.2) is 7.11 Å². The zero-order valence-electron chi connectivity index (χ0n) is 10.3. The fourth-order valence-electron chi connectivity index (χ4n) is 1.71. The third kappa shape index (κ3) is 4.53. The summed E-state index contributed by atoms with van der Waals surface area (Å²) in [6.45, 7) is 1.40. The van der Waals surface area contributed by atoms with E-state index in [1.807, 2.05) is 24.3 Å². The van der Waals surface area contributed by atoms with Crippen LogP contribution in [0.3, 0.4) is 0 Å². The van der Waals surface area contributed by atoms with E-state index in [1.165, 1.54) is 0 Å². The Bertz CT molecular complexity index is 518. The van der Waals surface area contributed by atoms with Gasteiger partial charge in [0, 0.05) is 16.6 Å². The minimum Gasteiger partial charge on any atom is -0.495 e. The van der Waals surface area contributed by atoms with Crippen molar-refractivity contribution in [2.75, 3.05) is 7.11 Å². The van der Waals surface area contributed by atoms with Crippen LogP contribution < -0.4 is 10.1 Å². The Morgan fingerprint density at radius 3 is 2.68 bits per heavy atom. The monoisotopic (exact) mass is 409 g/mol. The summed E-state index contributed by atoms with van der Waals surface area (Å²) in [6.07, 6.45) is 1.67. The van der Waals surface area contributed by atoms with E-state index in [2.05, 4.69) is 37.2 Å². The molecule has 2 rings (SSSR count). The van der Waals surface area contributed by atoms with Crippen molar-refractivity contribution in [2.45, 2.75) is 13.1 Å². The van der Waals surface area contributed by atoms with Gasteiger partial charge in [-0.2, -0.15) is 0 Å². The van der Waals surface area contributed by atoms with E-state index in [4.69, 9.17) is 9.15 Å². The van der Waals surface area contributed by atoms with Gasteiger partial charge < -0.3 is 14.5 Å². The predicted octanol–water partition coefficient (Wildman–Crippen LogP) is 4.52. The summed E-state index contributed by atoms with van der Waals surface area (Å²) in [5, 5.41) is 3.32. The summed E-state index contributed by atoms with van der Waals surface area (Å²) in [6, 6.07) is 7.84. The third-order valence-corrected chi connectivity index (χ3v) is 3.53. The normalized spacial score (nSPS) is 10.1. The fourth-order valence-corrected chi connectivity index (χ4v) is 3.18. The Morgan fingerprint density at radius 2 is 2.05 bits per heavy atom. The van der Waals surface area contributed by atoms with Crippen LogP contribution >= 0.6 is 44.3 Å². The molecule has 1 heterocycles. The number of hydrogen-bond acceptors (Lipinski definition) is 3. The molecule has 2 aromatic rings. The molecule has 0 radical (unpaired) electrons. The summed E-state index contributed by atoms with van der Waals surface area (Å²) in [5.74, 6) is 1.77. The lowest BCUT2D eigenvalue weighted by molar-refractivity contribution is 0.403. The lowest BCUT2D eigenvalue weighted by Crippen LogP contribution is -2.13. The van der Waals surface area contributed by atoms with Gasteiger partial charge in [-0.05, 0) is 40.2 Å². The molecular formula is C13H14Br2ClNO2. The van der Waals surface area contributed by atoms with Gasteiger partial charge in [-0.25, -0.2) is 0 Å². The third-order valence-electron chi connectivity index (χ3n) is 2.48. The lowest BCUT2D eigenvalue weighted by Gasteiger charge is -2.11. The molecule has 0 aliphatic carbocycles. The zero-order chi connectivity index (χ0) is 13.0. The number of benzene rings is 1. The zero-order valence-corrected chi connectivity index (χ0v) is 14.3. The standard InChI is InChI=1S/C13H13Br2NO2.ClH/c1-17-13-9(5-10(14)6-12(13)15)7-16-8-11-3-2-4-18-11;/h2-6,16H,7-8H2,1H3;1H. The van der Waals surface area contributed by atoms with E-state index >= 15 is 0 Å². The second kappa shape index (κ2) is 7.94. The number of nitrogens with one attached hydrogen (secondary N) is 1. The van der Waals surface area contributed by atoms with Crippen molar-refractivity contribution in [3.8, 4) is 5.75 Å². The smallest absolute Gasteiger partial charge is 0.137 e. The van der Waals surface area contributed by atoms with Crippen molar-refractivity contribution in [1.29, 1.82) is 0 Å². The quantitative estimate of drug-likeness (QED) is 0.785. The first-order valence-electron chi connectivity index (χ1n) is 5.45. The highest BCUT2D eigenvalue weighted by molar-refractivity contribution is 9.11.